The highest BCUT2D eigenvalue weighted by atomic mass is 16.5. The maximum absolute atomic E-state index is 6.06. The molecule has 1 aromatic carbocycles. The van der Waals surface area contributed by atoms with Crippen LogP contribution in [0.4, 0.5) is 0 Å². The highest BCUT2D eigenvalue weighted by Crippen LogP contribution is 2.33. The van der Waals surface area contributed by atoms with Crippen LogP contribution in [0.3, 0.4) is 0 Å². The molecular formula is C20H27N3O2. The van der Waals surface area contributed by atoms with Crippen molar-refractivity contribution < 1.29 is 9.47 Å². The van der Waals surface area contributed by atoms with Crippen LogP contribution in [0.5, 0.6) is 5.75 Å². The van der Waals surface area contributed by atoms with Gasteiger partial charge < -0.3 is 14.8 Å². The van der Waals surface area contributed by atoms with Crippen LogP contribution in [0.2, 0.25) is 0 Å². The predicted octanol–water partition coefficient (Wildman–Crippen LogP) is 2.71. The Morgan fingerprint density at radius 2 is 2.16 bits per heavy atom. The molecular weight excluding hydrogens is 314 g/mol. The Balaban J connectivity index is 1.47. The van der Waals surface area contributed by atoms with Crippen LogP contribution in [-0.4, -0.2) is 35.6 Å². The smallest absolute Gasteiger partial charge is 0.119 e. The first-order valence-electron chi connectivity index (χ1n) is 9.17. The number of hydrogen-bond acceptors (Lipinski definition) is 4. The minimum absolute atomic E-state index is 0.111. The SMILES string of the molecule is COc1ccc2c(c1)CC(N[C@H]1CCO[C@@H]1c1cnn(C)c1C)CC2. The standard InChI is InChI=1S/C20H27N3O2/c1-13-18(12-21-23(13)2)20-19(8-9-25-20)22-16-6-4-14-5-7-17(24-3)11-15(14)10-16/h5,7,11-12,16,19-20,22H,4,6,8-10H2,1-3H3/t16?,19-,20+/m0/s1. The molecule has 0 amide bonds. The van der Waals surface area contributed by atoms with E-state index in [0.717, 1.165) is 31.6 Å². The predicted molar refractivity (Wildman–Crippen MR) is 97.0 cm³/mol. The van der Waals surface area contributed by atoms with E-state index in [1.54, 1.807) is 7.11 Å². The minimum Gasteiger partial charge on any atom is -0.497 e. The Kier molecular flexibility index (Phi) is 4.52. The number of benzene rings is 1. The summed E-state index contributed by atoms with van der Waals surface area (Å²) in [5, 5.41) is 8.26. The first-order chi connectivity index (χ1) is 12.2. The molecule has 1 N–H and O–H groups in total. The van der Waals surface area contributed by atoms with Gasteiger partial charge in [0.25, 0.3) is 0 Å². The van der Waals surface area contributed by atoms with E-state index < -0.39 is 0 Å². The molecule has 25 heavy (non-hydrogen) atoms. The number of hydrogen-bond donors (Lipinski definition) is 1. The van der Waals surface area contributed by atoms with Crippen LogP contribution in [0.25, 0.3) is 0 Å². The first kappa shape index (κ1) is 16.6. The monoisotopic (exact) mass is 341 g/mol. The molecule has 2 aromatic rings. The lowest BCUT2D eigenvalue weighted by Gasteiger charge is -2.30. The Bertz CT molecular complexity index is 755. The fourth-order valence-electron chi connectivity index (χ4n) is 4.17. The molecule has 0 spiro atoms. The quantitative estimate of drug-likeness (QED) is 0.929. The molecule has 0 radical (unpaired) electrons. The van der Waals surface area contributed by atoms with Gasteiger partial charge in [-0.05, 0) is 55.9 Å². The average Bonchev–Trinajstić information content (AvgIpc) is 3.21. The molecule has 5 nitrogen and oxygen atoms in total. The van der Waals surface area contributed by atoms with Gasteiger partial charge in [-0.15, -0.1) is 0 Å². The highest BCUT2D eigenvalue weighted by Gasteiger charge is 2.34. The van der Waals surface area contributed by atoms with Crippen molar-refractivity contribution in [2.24, 2.45) is 7.05 Å². The van der Waals surface area contributed by atoms with Crippen LogP contribution in [0, 0.1) is 6.92 Å². The molecule has 1 saturated heterocycles. The van der Waals surface area contributed by atoms with Crippen molar-refractivity contribution in [1.29, 1.82) is 0 Å². The zero-order valence-corrected chi connectivity index (χ0v) is 15.3. The molecule has 3 atom stereocenters. The summed E-state index contributed by atoms with van der Waals surface area (Å²) in [6.45, 7) is 2.93. The van der Waals surface area contributed by atoms with E-state index in [4.69, 9.17) is 9.47 Å². The van der Waals surface area contributed by atoms with Gasteiger partial charge in [0.15, 0.2) is 0 Å². The summed E-state index contributed by atoms with van der Waals surface area (Å²) in [7, 11) is 3.72. The van der Waals surface area contributed by atoms with Crippen LogP contribution < -0.4 is 10.1 Å². The lowest BCUT2D eigenvalue weighted by atomic mass is 9.87. The van der Waals surface area contributed by atoms with Crippen molar-refractivity contribution in [2.75, 3.05) is 13.7 Å². The summed E-state index contributed by atoms with van der Waals surface area (Å²) in [5.41, 5.74) is 5.28. The van der Waals surface area contributed by atoms with E-state index >= 15 is 0 Å². The minimum atomic E-state index is 0.111. The second kappa shape index (κ2) is 6.81. The van der Waals surface area contributed by atoms with Gasteiger partial charge in [-0.2, -0.15) is 5.10 Å². The Labute approximate surface area is 149 Å². The molecule has 1 unspecified atom stereocenters. The summed E-state index contributed by atoms with van der Waals surface area (Å²) in [6, 6.07) is 7.33. The largest absolute Gasteiger partial charge is 0.497 e. The maximum atomic E-state index is 6.06. The van der Waals surface area contributed by atoms with Gasteiger partial charge in [-0.25, -0.2) is 0 Å². The van der Waals surface area contributed by atoms with Gasteiger partial charge >= 0.3 is 0 Å². The van der Waals surface area contributed by atoms with Crippen LogP contribution >= 0.6 is 0 Å². The molecule has 0 bridgehead atoms. The molecule has 0 saturated carbocycles. The molecule has 4 rings (SSSR count). The molecule has 1 aliphatic heterocycles. The van der Waals surface area contributed by atoms with Crippen molar-refractivity contribution in [3.05, 3.63) is 46.8 Å². The Morgan fingerprint density at radius 1 is 1.28 bits per heavy atom. The van der Waals surface area contributed by atoms with Crippen LogP contribution in [0.1, 0.15) is 41.3 Å². The van der Waals surface area contributed by atoms with E-state index in [2.05, 4.69) is 35.5 Å². The summed E-state index contributed by atoms with van der Waals surface area (Å²) in [6.07, 6.45) is 6.49. The zero-order chi connectivity index (χ0) is 17.4. The number of aromatic nitrogens is 2. The number of aryl methyl sites for hydroxylation is 2. The van der Waals surface area contributed by atoms with Gasteiger partial charge in [-0.1, -0.05) is 6.07 Å². The van der Waals surface area contributed by atoms with E-state index in [9.17, 15) is 0 Å². The van der Waals surface area contributed by atoms with E-state index in [1.807, 2.05) is 17.9 Å². The van der Waals surface area contributed by atoms with Crippen molar-refractivity contribution in [3.63, 3.8) is 0 Å². The van der Waals surface area contributed by atoms with Crippen molar-refractivity contribution >= 4 is 0 Å². The van der Waals surface area contributed by atoms with Crippen LogP contribution in [0.15, 0.2) is 24.4 Å². The lowest BCUT2D eigenvalue weighted by Crippen LogP contribution is -2.43. The van der Waals surface area contributed by atoms with E-state index in [1.165, 1.54) is 28.8 Å². The third kappa shape index (κ3) is 3.18. The van der Waals surface area contributed by atoms with Gasteiger partial charge in [-0.3, -0.25) is 4.68 Å². The molecule has 1 aliphatic carbocycles. The Morgan fingerprint density at radius 3 is 2.92 bits per heavy atom. The zero-order valence-electron chi connectivity index (χ0n) is 15.3. The fourth-order valence-corrected chi connectivity index (χ4v) is 4.17. The van der Waals surface area contributed by atoms with Crippen LogP contribution in [-0.2, 0) is 24.6 Å². The van der Waals surface area contributed by atoms with Gasteiger partial charge in [0.2, 0.25) is 0 Å². The topological polar surface area (TPSA) is 48.3 Å². The fraction of sp³-hybridized carbons (Fsp3) is 0.550. The molecule has 1 fully saturated rings. The van der Waals surface area contributed by atoms with Gasteiger partial charge in [0, 0.05) is 37.0 Å². The lowest BCUT2D eigenvalue weighted by molar-refractivity contribution is 0.0952. The van der Waals surface area contributed by atoms with E-state index in [0.29, 0.717) is 12.1 Å². The second-order valence-corrected chi connectivity index (χ2v) is 7.24. The number of nitrogens with zero attached hydrogens (tertiary/aromatic N) is 2. The first-order valence-corrected chi connectivity index (χ1v) is 9.17. The summed E-state index contributed by atoms with van der Waals surface area (Å²) < 4.78 is 13.4. The highest BCUT2D eigenvalue weighted by molar-refractivity contribution is 5.38. The number of nitrogens with one attached hydrogen (secondary N) is 1. The molecule has 2 aliphatic rings. The van der Waals surface area contributed by atoms with Crippen molar-refractivity contribution in [3.8, 4) is 5.75 Å². The third-order valence-corrected chi connectivity index (χ3v) is 5.76. The van der Waals surface area contributed by atoms with Gasteiger partial charge in [0.1, 0.15) is 11.9 Å². The third-order valence-electron chi connectivity index (χ3n) is 5.76. The maximum Gasteiger partial charge on any atom is 0.119 e. The summed E-state index contributed by atoms with van der Waals surface area (Å²) in [5.74, 6) is 0.951. The van der Waals surface area contributed by atoms with E-state index in [-0.39, 0.29) is 6.10 Å². The molecule has 2 heterocycles. The number of rotatable bonds is 4. The Hall–Kier alpha value is -1.85. The number of methoxy groups -OCH3 is 1. The normalized spacial score (nSPS) is 25.8. The summed E-state index contributed by atoms with van der Waals surface area (Å²) >= 11 is 0. The number of ether oxygens (including phenoxy) is 2. The molecule has 1 aromatic heterocycles. The van der Waals surface area contributed by atoms with Gasteiger partial charge in [0.05, 0.1) is 13.3 Å². The molecule has 5 heteroatoms. The van der Waals surface area contributed by atoms with Crippen molar-refractivity contribution in [1.82, 2.24) is 15.1 Å². The number of fused-ring (bicyclic) bond motifs is 1. The second-order valence-electron chi connectivity index (χ2n) is 7.24. The molecule has 134 valence electrons. The van der Waals surface area contributed by atoms with Crippen molar-refractivity contribution in [2.45, 2.75) is 50.8 Å². The summed E-state index contributed by atoms with van der Waals surface area (Å²) in [4.78, 5) is 0. The average molecular weight is 341 g/mol.